The van der Waals surface area contributed by atoms with Crippen molar-refractivity contribution in [1.29, 1.82) is 0 Å². The van der Waals surface area contributed by atoms with Crippen molar-refractivity contribution < 1.29 is 20.7 Å². The van der Waals surface area contributed by atoms with E-state index in [-0.39, 0.29) is 11.3 Å². The normalized spacial score (nSPS) is 5.50. The van der Waals surface area contributed by atoms with Crippen LogP contribution in [0, 0.1) is 0 Å². The first kappa shape index (κ1) is 22.5. The van der Waals surface area contributed by atoms with Crippen molar-refractivity contribution in [3.63, 3.8) is 0 Å². The first-order valence-electron chi connectivity index (χ1n) is 2.89. The molecule has 76 valence electrons. The fourth-order valence-corrected chi connectivity index (χ4v) is 0. The first-order chi connectivity index (χ1) is 5.00. The summed E-state index contributed by atoms with van der Waals surface area (Å²) >= 11 is 0. The number of hydrogen-bond acceptors (Lipinski definition) is 5. The molecule has 6 heteroatoms. The zero-order chi connectivity index (χ0) is 9.86. The number of carbonyl (C=O) groups is 1. The lowest BCUT2D eigenvalue weighted by Gasteiger charge is -1.72. The summed E-state index contributed by atoms with van der Waals surface area (Å²) in [4.78, 5) is 9.44. The van der Waals surface area contributed by atoms with Gasteiger partial charge in [-0.25, -0.2) is 5.90 Å². The van der Waals surface area contributed by atoms with Crippen LogP contribution in [-0.2, 0) is 4.79 Å². The van der Waals surface area contributed by atoms with E-state index >= 15 is 0 Å². The van der Waals surface area contributed by atoms with Crippen molar-refractivity contribution in [2.75, 3.05) is 0 Å². The molecule has 0 spiro atoms. The second-order valence-corrected chi connectivity index (χ2v) is 1.96. The Hall–Kier alpha value is -0.980. The molecule has 0 rings (SSSR count). The lowest BCUT2D eigenvalue weighted by atomic mass is 10.5. The molecule has 0 radical (unpaired) electrons. The molecule has 6 N–H and O–H groups in total. The van der Waals surface area contributed by atoms with Crippen LogP contribution in [0.25, 0.3) is 0 Å². The van der Waals surface area contributed by atoms with E-state index in [0.29, 0.717) is 5.71 Å². The highest BCUT2D eigenvalue weighted by atomic mass is 16.4. The number of hydrogen-bond donors (Lipinski definition) is 3. The van der Waals surface area contributed by atoms with Crippen molar-refractivity contribution in [2.24, 2.45) is 11.1 Å². The van der Waals surface area contributed by atoms with Gasteiger partial charge in [0.25, 0.3) is 0 Å². The van der Waals surface area contributed by atoms with Gasteiger partial charge in [-0.3, -0.25) is 0 Å². The molecule has 0 aliphatic rings. The van der Waals surface area contributed by atoms with E-state index < -0.39 is 0 Å². The Bertz CT molecular complexity index is 106. The summed E-state index contributed by atoms with van der Waals surface area (Å²) in [5, 5.41) is 17.0. The van der Waals surface area contributed by atoms with Crippen LogP contribution in [0.1, 0.15) is 27.7 Å². The maximum absolute atomic E-state index is 9.44. The van der Waals surface area contributed by atoms with E-state index in [1.54, 1.807) is 13.8 Å². The minimum atomic E-state index is 0. The molecule has 0 aliphatic heterocycles. The van der Waals surface area contributed by atoms with Gasteiger partial charge in [0.05, 0.1) is 5.71 Å². The molecule has 0 amide bonds. The van der Waals surface area contributed by atoms with E-state index in [0.717, 1.165) is 0 Å². The quantitative estimate of drug-likeness (QED) is 0.276. The molecular weight excluding hydrogens is 164 g/mol. The molecule has 0 unspecified atom stereocenters. The SMILES string of the molecule is CC(C)=NO.CC(C)=O.NO.O. The van der Waals surface area contributed by atoms with Crippen molar-refractivity contribution >= 4 is 11.5 Å². The van der Waals surface area contributed by atoms with E-state index in [1.807, 2.05) is 0 Å². The molecule has 0 heterocycles. The van der Waals surface area contributed by atoms with Crippen LogP contribution in [0.2, 0.25) is 0 Å². The Morgan fingerprint density at radius 2 is 1.25 bits per heavy atom. The van der Waals surface area contributed by atoms with Gasteiger partial charge in [-0.15, -0.1) is 0 Å². The van der Waals surface area contributed by atoms with Crippen molar-refractivity contribution in [3.8, 4) is 0 Å². The molecule has 0 aromatic heterocycles. The topological polar surface area (TPSA) is 127 Å². The molecule has 0 atom stereocenters. The van der Waals surface area contributed by atoms with Crippen LogP contribution in [0.3, 0.4) is 0 Å². The maximum Gasteiger partial charge on any atom is 0.126 e. The van der Waals surface area contributed by atoms with Gasteiger partial charge in [0, 0.05) is 0 Å². The van der Waals surface area contributed by atoms with Crippen LogP contribution >= 0.6 is 0 Å². The lowest BCUT2D eigenvalue weighted by Crippen LogP contribution is -1.74. The number of Topliss-reactive ketones (excluding diaryl/α,β-unsaturated/α-hetero) is 1. The van der Waals surface area contributed by atoms with E-state index in [4.69, 9.17) is 10.4 Å². The minimum Gasteiger partial charge on any atom is -0.412 e. The van der Waals surface area contributed by atoms with Gasteiger partial charge in [-0.2, -0.15) is 0 Å². The second kappa shape index (κ2) is 22.5. The molecular formula is C6H18N2O4. The molecule has 6 nitrogen and oxygen atoms in total. The van der Waals surface area contributed by atoms with Gasteiger partial charge in [-0.05, 0) is 27.7 Å². The lowest BCUT2D eigenvalue weighted by molar-refractivity contribution is -0.114. The smallest absolute Gasteiger partial charge is 0.126 e. The first-order valence-corrected chi connectivity index (χ1v) is 2.89. The summed E-state index contributed by atoms with van der Waals surface area (Å²) in [5.41, 5.74) is 0.685. The summed E-state index contributed by atoms with van der Waals surface area (Å²) in [5.74, 6) is 3.67. The van der Waals surface area contributed by atoms with Gasteiger partial charge in [-0.1, -0.05) is 5.16 Å². The zero-order valence-electron chi connectivity index (χ0n) is 7.83. The molecule has 12 heavy (non-hydrogen) atoms. The highest BCUT2D eigenvalue weighted by Gasteiger charge is 1.65. The largest absolute Gasteiger partial charge is 0.412 e. The van der Waals surface area contributed by atoms with Crippen molar-refractivity contribution in [3.05, 3.63) is 0 Å². The van der Waals surface area contributed by atoms with Crippen LogP contribution in [0.5, 0.6) is 0 Å². The predicted octanol–water partition coefficient (Wildman–Crippen LogP) is -0.0387. The van der Waals surface area contributed by atoms with Crippen LogP contribution in [0.4, 0.5) is 0 Å². The van der Waals surface area contributed by atoms with Gasteiger partial charge in [0.1, 0.15) is 5.78 Å². The summed E-state index contributed by atoms with van der Waals surface area (Å²) in [6.45, 7) is 6.50. The van der Waals surface area contributed by atoms with Gasteiger partial charge >= 0.3 is 0 Å². The van der Waals surface area contributed by atoms with Gasteiger partial charge in [0.2, 0.25) is 0 Å². The summed E-state index contributed by atoms with van der Waals surface area (Å²) in [6, 6.07) is 0. The van der Waals surface area contributed by atoms with E-state index in [1.165, 1.54) is 13.8 Å². The maximum atomic E-state index is 9.44. The van der Waals surface area contributed by atoms with Crippen LogP contribution < -0.4 is 5.90 Å². The monoisotopic (exact) mass is 182 g/mol. The van der Waals surface area contributed by atoms with Crippen molar-refractivity contribution in [2.45, 2.75) is 27.7 Å². The molecule has 0 saturated heterocycles. The number of ketones is 1. The molecule has 0 saturated carbocycles. The molecule has 0 aliphatic carbocycles. The standard InChI is InChI=1S/C3H7NO.C3H6O.H3NO.H2O/c1-3(2)4-5;1-3(2)4;1-2;/h5H,1-2H3;1-2H3;2H,1H2;1H2. The Morgan fingerprint density at radius 3 is 1.25 bits per heavy atom. The molecule has 0 fully saturated rings. The van der Waals surface area contributed by atoms with Crippen LogP contribution in [-0.4, -0.2) is 27.4 Å². The van der Waals surface area contributed by atoms with Gasteiger partial charge < -0.3 is 20.7 Å². The Labute approximate surface area is 71.9 Å². The van der Waals surface area contributed by atoms with Crippen LogP contribution in [0.15, 0.2) is 5.16 Å². The number of rotatable bonds is 0. The fourth-order valence-electron chi connectivity index (χ4n) is 0. The number of nitrogens with two attached hydrogens (primary N) is 1. The Balaban J connectivity index is -0.0000000419. The predicted molar refractivity (Wildman–Crippen MR) is 46.5 cm³/mol. The average molecular weight is 182 g/mol. The fraction of sp³-hybridized carbons (Fsp3) is 0.667. The zero-order valence-corrected chi connectivity index (χ0v) is 7.83. The third-order valence-electron chi connectivity index (χ3n) is 0.200. The van der Waals surface area contributed by atoms with E-state index in [2.05, 4.69) is 11.1 Å². The highest BCUT2D eigenvalue weighted by molar-refractivity contribution is 5.78. The van der Waals surface area contributed by atoms with E-state index in [9.17, 15) is 4.79 Å². The number of carbonyl (C=O) groups excluding carboxylic acids is 1. The number of nitrogens with zero attached hydrogens (tertiary/aromatic N) is 1. The minimum absolute atomic E-state index is 0. The molecule has 0 bridgehead atoms. The molecule has 0 aromatic rings. The van der Waals surface area contributed by atoms with Crippen molar-refractivity contribution in [1.82, 2.24) is 0 Å². The number of oxime groups is 1. The summed E-state index contributed by atoms with van der Waals surface area (Å²) in [6.07, 6.45) is 0. The average Bonchev–Trinajstić information content (AvgIpc) is 1.91. The van der Waals surface area contributed by atoms with Gasteiger partial charge in [0.15, 0.2) is 0 Å². The summed E-state index contributed by atoms with van der Waals surface area (Å²) < 4.78 is 0. The highest BCUT2D eigenvalue weighted by Crippen LogP contribution is 1.62. The Morgan fingerprint density at radius 1 is 1.17 bits per heavy atom. The Kier molecular flexibility index (Phi) is 42.1. The second-order valence-electron chi connectivity index (χ2n) is 1.96. The third-order valence-corrected chi connectivity index (χ3v) is 0.200. The summed E-state index contributed by atoms with van der Waals surface area (Å²) in [7, 11) is 0. The third kappa shape index (κ3) is 558. The molecule has 0 aromatic carbocycles.